The van der Waals surface area contributed by atoms with Gasteiger partial charge in [0.15, 0.2) is 0 Å². The first-order chi connectivity index (χ1) is 11.5. The monoisotopic (exact) mass is 325 g/mol. The second kappa shape index (κ2) is 7.26. The summed E-state index contributed by atoms with van der Waals surface area (Å²) in [5.74, 6) is 1.98. The van der Waals surface area contributed by atoms with Crippen LogP contribution in [0.3, 0.4) is 0 Å². The number of nitrogens with zero attached hydrogens (tertiary/aromatic N) is 4. The van der Waals surface area contributed by atoms with Crippen molar-refractivity contribution < 1.29 is 0 Å². The molecule has 0 spiro atoms. The molecule has 2 aromatic heterocycles. The molecular formula is C19H27N5. The topological polar surface area (TPSA) is 53.9 Å². The third kappa shape index (κ3) is 4.09. The Morgan fingerprint density at radius 1 is 1.04 bits per heavy atom. The minimum Gasteiger partial charge on any atom is -0.309 e. The van der Waals surface area contributed by atoms with Gasteiger partial charge in [-0.1, -0.05) is 6.07 Å². The van der Waals surface area contributed by atoms with Crippen molar-refractivity contribution >= 4 is 11.8 Å². The molecule has 0 saturated carbocycles. The second-order valence-electron chi connectivity index (χ2n) is 6.95. The number of piperidine rings is 1. The summed E-state index contributed by atoms with van der Waals surface area (Å²) in [4.78, 5) is 16.2. The van der Waals surface area contributed by atoms with Crippen LogP contribution in [0.5, 0.6) is 0 Å². The summed E-state index contributed by atoms with van der Waals surface area (Å²) in [7, 11) is 0. The molecule has 1 aliphatic rings. The minimum absolute atomic E-state index is 0.543. The highest BCUT2D eigenvalue weighted by atomic mass is 15.2. The van der Waals surface area contributed by atoms with E-state index in [0.717, 1.165) is 30.3 Å². The number of hydrogen-bond acceptors (Lipinski definition) is 5. The summed E-state index contributed by atoms with van der Waals surface area (Å²) in [5, 5.41) is 3.25. The van der Waals surface area contributed by atoms with E-state index in [1.54, 1.807) is 0 Å². The van der Waals surface area contributed by atoms with E-state index in [9.17, 15) is 0 Å². The molecule has 1 aliphatic heterocycles. The zero-order valence-corrected chi connectivity index (χ0v) is 15.1. The maximum Gasteiger partial charge on any atom is 0.228 e. The van der Waals surface area contributed by atoms with E-state index >= 15 is 0 Å². The summed E-state index contributed by atoms with van der Waals surface area (Å²) in [5.41, 5.74) is 3.09. The van der Waals surface area contributed by atoms with Crippen molar-refractivity contribution in [3.05, 3.63) is 41.3 Å². The quantitative estimate of drug-likeness (QED) is 0.926. The van der Waals surface area contributed by atoms with Crippen molar-refractivity contribution in [2.75, 3.05) is 18.4 Å². The molecule has 0 amide bonds. The van der Waals surface area contributed by atoms with Crippen LogP contribution >= 0.6 is 0 Å². The van der Waals surface area contributed by atoms with Crippen LogP contribution in [0, 0.1) is 13.8 Å². The average Bonchev–Trinajstić information content (AvgIpc) is 2.54. The van der Waals surface area contributed by atoms with Gasteiger partial charge in [-0.05, 0) is 71.8 Å². The summed E-state index contributed by atoms with van der Waals surface area (Å²) >= 11 is 0. The van der Waals surface area contributed by atoms with Crippen LogP contribution in [0.1, 0.15) is 49.7 Å². The van der Waals surface area contributed by atoms with Gasteiger partial charge in [0.1, 0.15) is 5.82 Å². The zero-order valence-electron chi connectivity index (χ0n) is 15.1. The predicted octanol–water partition coefficient (Wildman–Crippen LogP) is 3.82. The lowest BCUT2D eigenvalue weighted by atomic mass is 9.92. The van der Waals surface area contributed by atoms with Crippen molar-refractivity contribution in [3.63, 3.8) is 0 Å². The van der Waals surface area contributed by atoms with E-state index in [0.29, 0.717) is 17.9 Å². The first-order valence-corrected chi connectivity index (χ1v) is 8.81. The molecule has 3 rings (SSSR count). The highest BCUT2D eigenvalue weighted by Gasteiger charge is 2.23. The molecule has 0 atom stereocenters. The Morgan fingerprint density at radius 2 is 1.71 bits per heavy atom. The molecule has 5 heteroatoms. The first kappa shape index (κ1) is 16.8. The molecule has 0 radical (unpaired) electrons. The maximum absolute atomic E-state index is 4.81. The second-order valence-corrected chi connectivity index (χ2v) is 6.95. The minimum atomic E-state index is 0.543. The molecule has 3 heterocycles. The van der Waals surface area contributed by atoms with Crippen molar-refractivity contribution in [1.82, 2.24) is 19.9 Å². The fourth-order valence-corrected chi connectivity index (χ4v) is 3.36. The Morgan fingerprint density at radius 3 is 2.33 bits per heavy atom. The smallest absolute Gasteiger partial charge is 0.228 e. The Kier molecular flexibility index (Phi) is 5.09. The fourth-order valence-electron chi connectivity index (χ4n) is 3.36. The number of likely N-dealkylation sites (tertiary alicyclic amines) is 1. The molecule has 1 fully saturated rings. The Balaban J connectivity index is 1.70. The van der Waals surface area contributed by atoms with Gasteiger partial charge >= 0.3 is 0 Å². The highest BCUT2D eigenvalue weighted by Crippen LogP contribution is 2.28. The number of rotatable bonds is 4. The van der Waals surface area contributed by atoms with Gasteiger partial charge in [0.2, 0.25) is 5.95 Å². The van der Waals surface area contributed by atoms with Gasteiger partial charge in [-0.15, -0.1) is 0 Å². The molecule has 128 valence electrons. The molecule has 24 heavy (non-hydrogen) atoms. The normalized spacial score (nSPS) is 16.5. The Labute approximate surface area is 144 Å². The van der Waals surface area contributed by atoms with Crippen LogP contribution in [0.2, 0.25) is 0 Å². The molecule has 0 bridgehead atoms. The van der Waals surface area contributed by atoms with Crippen molar-refractivity contribution in [1.29, 1.82) is 0 Å². The highest BCUT2D eigenvalue weighted by molar-refractivity contribution is 5.48. The van der Waals surface area contributed by atoms with Crippen LogP contribution in [0.25, 0.3) is 0 Å². The molecule has 2 aromatic rings. The number of nitrogens with one attached hydrogen (secondary N) is 1. The summed E-state index contributed by atoms with van der Waals surface area (Å²) < 4.78 is 0. The molecule has 0 unspecified atom stereocenters. The lowest BCUT2D eigenvalue weighted by Crippen LogP contribution is -2.38. The van der Waals surface area contributed by atoms with Gasteiger partial charge in [0.25, 0.3) is 0 Å². The molecule has 5 nitrogen and oxygen atoms in total. The van der Waals surface area contributed by atoms with Crippen LogP contribution in [-0.4, -0.2) is 39.0 Å². The molecular weight excluding hydrogens is 298 g/mol. The number of anilines is 2. The third-order valence-corrected chi connectivity index (χ3v) is 4.67. The Bertz CT molecular complexity index is 670. The van der Waals surface area contributed by atoms with E-state index in [2.05, 4.69) is 46.2 Å². The first-order valence-electron chi connectivity index (χ1n) is 8.81. The lowest BCUT2D eigenvalue weighted by molar-refractivity contribution is 0.171. The van der Waals surface area contributed by atoms with Gasteiger partial charge in [-0.3, -0.25) is 0 Å². The van der Waals surface area contributed by atoms with Crippen LogP contribution < -0.4 is 5.32 Å². The maximum atomic E-state index is 4.81. The molecule has 0 aliphatic carbocycles. The third-order valence-electron chi connectivity index (χ3n) is 4.67. The van der Waals surface area contributed by atoms with Gasteiger partial charge in [0.05, 0.1) is 0 Å². The van der Waals surface area contributed by atoms with E-state index in [1.165, 1.54) is 18.5 Å². The number of aryl methyl sites for hydroxylation is 2. The van der Waals surface area contributed by atoms with E-state index < -0.39 is 0 Å². The number of aromatic nitrogens is 3. The van der Waals surface area contributed by atoms with Gasteiger partial charge in [-0.2, -0.15) is 0 Å². The van der Waals surface area contributed by atoms with Gasteiger partial charge < -0.3 is 10.2 Å². The van der Waals surface area contributed by atoms with E-state index in [1.807, 2.05) is 26.0 Å². The average molecular weight is 325 g/mol. The van der Waals surface area contributed by atoms with Crippen molar-refractivity contribution in [3.8, 4) is 0 Å². The summed E-state index contributed by atoms with van der Waals surface area (Å²) in [6, 6.07) is 8.80. The molecule has 0 aromatic carbocycles. The van der Waals surface area contributed by atoms with Gasteiger partial charge in [0, 0.05) is 29.0 Å². The number of hydrogen-bond donors (Lipinski definition) is 1. The van der Waals surface area contributed by atoms with Crippen LogP contribution in [-0.2, 0) is 0 Å². The van der Waals surface area contributed by atoms with E-state index in [4.69, 9.17) is 4.98 Å². The summed E-state index contributed by atoms with van der Waals surface area (Å²) in [6.45, 7) is 10.8. The fraction of sp³-hybridized carbons (Fsp3) is 0.526. The zero-order chi connectivity index (χ0) is 17.1. The summed E-state index contributed by atoms with van der Waals surface area (Å²) in [6.07, 6.45) is 2.35. The number of pyridine rings is 1. The standard InChI is InChI=1S/C19H27N5/c1-13(2)24-10-8-16(9-11-24)17-6-5-7-18(22-17)23-19-20-14(3)12-15(4)21-19/h5-7,12-13,16H,8-11H2,1-4H3,(H,20,21,22,23). The largest absolute Gasteiger partial charge is 0.309 e. The van der Waals surface area contributed by atoms with Crippen molar-refractivity contribution in [2.45, 2.75) is 52.5 Å². The predicted molar refractivity (Wildman–Crippen MR) is 97.7 cm³/mol. The van der Waals surface area contributed by atoms with Crippen LogP contribution in [0.4, 0.5) is 11.8 Å². The van der Waals surface area contributed by atoms with Gasteiger partial charge in [-0.25, -0.2) is 15.0 Å². The van der Waals surface area contributed by atoms with Crippen molar-refractivity contribution in [2.24, 2.45) is 0 Å². The molecule has 1 saturated heterocycles. The lowest BCUT2D eigenvalue weighted by Gasteiger charge is -2.34. The SMILES string of the molecule is Cc1cc(C)nc(Nc2cccc(C3CCN(C(C)C)CC3)n2)n1. The van der Waals surface area contributed by atoms with Crippen LogP contribution in [0.15, 0.2) is 24.3 Å². The molecule has 1 N–H and O–H groups in total. The Hall–Kier alpha value is -2.01. The van der Waals surface area contributed by atoms with E-state index in [-0.39, 0.29) is 0 Å².